The van der Waals surface area contributed by atoms with Crippen LogP contribution in [0.4, 0.5) is 0 Å². The van der Waals surface area contributed by atoms with Crippen LogP contribution in [0, 0.1) is 5.92 Å². The Hall–Kier alpha value is -0.0800. The Bertz CT molecular complexity index is 126. The van der Waals surface area contributed by atoms with Crippen LogP contribution in [0.3, 0.4) is 0 Å². The summed E-state index contributed by atoms with van der Waals surface area (Å²) in [5, 5.41) is 9.38. The van der Waals surface area contributed by atoms with Crippen molar-refractivity contribution in [1.82, 2.24) is 4.90 Å². The lowest BCUT2D eigenvalue weighted by Crippen LogP contribution is -2.21. The number of hydrogen-bond donors (Lipinski definition) is 1. The predicted octanol–water partition coefficient (Wildman–Crippen LogP) is 0.463. The van der Waals surface area contributed by atoms with Crippen LogP contribution in [0.1, 0.15) is 19.3 Å². The van der Waals surface area contributed by atoms with Gasteiger partial charge in [0.05, 0.1) is 6.10 Å². The zero-order valence-corrected chi connectivity index (χ0v) is 6.29. The maximum atomic E-state index is 9.38. The van der Waals surface area contributed by atoms with Gasteiger partial charge >= 0.3 is 0 Å². The van der Waals surface area contributed by atoms with Gasteiger partial charge in [-0.15, -0.1) is 0 Å². The molecule has 0 spiro atoms. The molecule has 0 aliphatic carbocycles. The molecule has 2 aliphatic heterocycles. The van der Waals surface area contributed by atoms with Gasteiger partial charge in [0, 0.05) is 13.1 Å². The molecule has 10 heavy (non-hydrogen) atoms. The number of nitrogens with zero attached hydrogens (tertiary/aromatic N) is 1. The molecule has 0 amide bonds. The maximum Gasteiger partial charge on any atom is 0.0555 e. The van der Waals surface area contributed by atoms with E-state index in [2.05, 4.69) is 4.90 Å². The maximum absolute atomic E-state index is 9.38. The van der Waals surface area contributed by atoms with Gasteiger partial charge in [-0.25, -0.2) is 0 Å². The molecule has 0 aromatic heterocycles. The van der Waals surface area contributed by atoms with Crippen molar-refractivity contribution in [3.05, 3.63) is 0 Å². The Morgan fingerprint density at radius 1 is 1.20 bits per heavy atom. The zero-order valence-electron chi connectivity index (χ0n) is 6.29. The lowest BCUT2D eigenvalue weighted by Gasteiger charge is -2.14. The molecule has 2 rings (SSSR count). The molecule has 3 atom stereocenters. The average Bonchev–Trinajstić information content (AvgIpc) is 2.22. The molecule has 1 N–H and O–H groups in total. The third-order valence-corrected chi connectivity index (χ3v) is 2.75. The minimum atomic E-state index is -0.00435. The summed E-state index contributed by atoms with van der Waals surface area (Å²) in [6, 6.07) is 0. The Labute approximate surface area is 61.8 Å². The molecular formula is C8H15NO. The normalized spacial score (nSPS) is 47.1. The Morgan fingerprint density at radius 2 is 2.00 bits per heavy atom. The molecule has 2 heteroatoms. The largest absolute Gasteiger partial charge is 0.393 e. The van der Waals surface area contributed by atoms with Crippen molar-refractivity contribution < 1.29 is 5.11 Å². The summed E-state index contributed by atoms with van der Waals surface area (Å²) in [6.07, 6.45) is 3.36. The molecule has 58 valence electrons. The van der Waals surface area contributed by atoms with E-state index in [9.17, 15) is 5.11 Å². The van der Waals surface area contributed by atoms with Gasteiger partial charge < -0.3 is 10.0 Å². The molecule has 2 saturated heterocycles. The van der Waals surface area contributed by atoms with E-state index in [1.807, 2.05) is 0 Å². The predicted molar refractivity (Wildman–Crippen MR) is 39.8 cm³/mol. The van der Waals surface area contributed by atoms with Gasteiger partial charge in [0.1, 0.15) is 0 Å². The van der Waals surface area contributed by atoms with Crippen molar-refractivity contribution in [2.45, 2.75) is 25.4 Å². The van der Waals surface area contributed by atoms with Gasteiger partial charge in [0.25, 0.3) is 0 Å². The third-order valence-electron chi connectivity index (χ3n) is 2.75. The van der Waals surface area contributed by atoms with E-state index < -0.39 is 0 Å². The number of fused-ring (bicyclic) bond motifs is 2. The molecule has 0 radical (unpaired) electrons. The van der Waals surface area contributed by atoms with Crippen LogP contribution in [0.15, 0.2) is 0 Å². The Morgan fingerprint density at radius 3 is 2.90 bits per heavy atom. The van der Waals surface area contributed by atoms with Crippen LogP contribution >= 0.6 is 0 Å². The van der Waals surface area contributed by atoms with Gasteiger partial charge in [-0.05, 0) is 31.7 Å². The van der Waals surface area contributed by atoms with Crippen molar-refractivity contribution in [2.24, 2.45) is 5.92 Å². The summed E-state index contributed by atoms with van der Waals surface area (Å²) in [4.78, 5) is 2.47. The molecule has 0 saturated carbocycles. The summed E-state index contributed by atoms with van der Waals surface area (Å²) in [5.41, 5.74) is 0. The summed E-state index contributed by atoms with van der Waals surface area (Å²) in [7, 11) is 0. The summed E-state index contributed by atoms with van der Waals surface area (Å²) >= 11 is 0. The minimum absolute atomic E-state index is 0.00435. The zero-order chi connectivity index (χ0) is 6.97. The van der Waals surface area contributed by atoms with E-state index in [4.69, 9.17) is 0 Å². The number of aliphatic hydroxyl groups excluding tert-OH is 1. The van der Waals surface area contributed by atoms with Crippen molar-refractivity contribution >= 4 is 0 Å². The average molecular weight is 141 g/mol. The van der Waals surface area contributed by atoms with Crippen LogP contribution in [-0.2, 0) is 0 Å². The van der Waals surface area contributed by atoms with Crippen LogP contribution in [-0.4, -0.2) is 35.7 Å². The first kappa shape index (κ1) is 6.62. The highest BCUT2D eigenvalue weighted by molar-refractivity contribution is 4.81. The van der Waals surface area contributed by atoms with Crippen molar-refractivity contribution in [1.29, 1.82) is 0 Å². The standard InChI is InChI=1S/C8H15NO/c10-8-2-4-9-3-1-7(5-8)6-9/h7-8,10H,1-6H2. The van der Waals surface area contributed by atoms with Crippen LogP contribution in [0.5, 0.6) is 0 Å². The van der Waals surface area contributed by atoms with E-state index in [0.29, 0.717) is 0 Å². The summed E-state index contributed by atoms with van der Waals surface area (Å²) in [5.74, 6) is 0.803. The fourth-order valence-corrected chi connectivity index (χ4v) is 2.14. The van der Waals surface area contributed by atoms with Gasteiger partial charge in [-0.2, -0.15) is 0 Å². The van der Waals surface area contributed by atoms with Gasteiger partial charge in [0.15, 0.2) is 0 Å². The molecule has 2 nitrogen and oxygen atoms in total. The second-order valence-electron chi connectivity index (χ2n) is 3.63. The topological polar surface area (TPSA) is 23.5 Å². The first-order valence-corrected chi connectivity index (χ1v) is 4.25. The molecule has 3 unspecified atom stereocenters. The molecule has 0 aromatic carbocycles. The lowest BCUT2D eigenvalue weighted by atomic mass is 10.00. The number of aliphatic hydroxyl groups is 1. The van der Waals surface area contributed by atoms with Crippen LogP contribution in [0.2, 0.25) is 0 Å². The van der Waals surface area contributed by atoms with E-state index in [-0.39, 0.29) is 6.10 Å². The monoisotopic (exact) mass is 141 g/mol. The molecule has 2 heterocycles. The second-order valence-corrected chi connectivity index (χ2v) is 3.63. The number of rotatable bonds is 0. The van der Waals surface area contributed by atoms with Crippen LogP contribution in [0.25, 0.3) is 0 Å². The quantitative estimate of drug-likeness (QED) is 0.530. The smallest absolute Gasteiger partial charge is 0.0555 e. The summed E-state index contributed by atoms with van der Waals surface area (Å²) in [6.45, 7) is 3.64. The number of hydrogen-bond acceptors (Lipinski definition) is 2. The third kappa shape index (κ3) is 1.18. The first-order chi connectivity index (χ1) is 4.84. The fraction of sp³-hybridized carbons (Fsp3) is 1.00. The lowest BCUT2D eigenvalue weighted by molar-refractivity contribution is 0.137. The Kier molecular flexibility index (Phi) is 1.66. The van der Waals surface area contributed by atoms with Gasteiger partial charge in [0.2, 0.25) is 0 Å². The van der Waals surface area contributed by atoms with E-state index in [1.54, 1.807) is 0 Å². The highest BCUT2D eigenvalue weighted by atomic mass is 16.3. The van der Waals surface area contributed by atoms with Gasteiger partial charge in [-0.1, -0.05) is 0 Å². The minimum Gasteiger partial charge on any atom is -0.393 e. The second kappa shape index (κ2) is 2.51. The van der Waals surface area contributed by atoms with Crippen molar-refractivity contribution in [3.8, 4) is 0 Å². The van der Waals surface area contributed by atoms with Crippen molar-refractivity contribution in [2.75, 3.05) is 19.6 Å². The van der Waals surface area contributed by atoms with E-state index >= 15 is 0 Å². The molecular weight excluding hydrogens is 126 g/mol. The van der Waals surface area contributed by atoms with E-state index in [0.717, 1.165) is 25.3 Å². The van der Waals surface area contributed by atoms with Crippen molar-refractivity contribution in [3.63, 3.8) is 0 Å². The summed E-state index contributed by atoms with van der Waals surface area (Å²) < 4.78 is 0. The highest BCUT2D eigenvalue weighted by Gasteiger charge is 2.27. The Balaban J connectivity index is 1.99. The van der Waals surface area contributed by atoms with Gasteiger partial charge in [-0.3, -0.25) is 0 Å². The first-order valence-electron chi connectivity index (χ1n) is 4.25. The van der Waals surface area contributed by atoms with E-state index in [1.165, 1.54) is 19.5 Å². The molecule has 2 bridgehead atoms. The highest BCUT2D eigenvalue weighted by Crippen LogP contribution is 2.25. The fourth-order valence-electron chi connectivity index (χ4n) is 2.14. The molecule has 2 aliphatic rings. The molecule has 2 fully saturated rings. The molecule has 0 aromatic rings. The SMILES string of the molecule is OC1CCN2CCC(C1)C2. The van der Waals surface area contributed by atoms with Crippen LogP contribution < -0.4 is 0 Å².